The molecule has 0 saturated carbocycles. The van der Waals surface area contributed by atoms with Crippen molar-refractivity contribution in [3.05, 3.63) is 35.4 Å². The summed E-state index contributed by atoms with van der Waals surface area (Å²) in [7, 11) is 3.84. The van der Waals surface area contributed by atoms with Gasteiger partial charge in [0.25, 0.3) is 5.92 Å². The SMILES string of the molecule is CC(C)Cc1ccc(C(CNC(=O)N2CCC(O)C(F)(F)C2)N(C)C)cc1. The van der Waals surface area contributed by atoms with E-state index >= 15 is 0 Å². The summed E-state index contributed by atoms with van der Waals surface area (Å²) in [5, 5.41) is 12.1. The highest BCUT2D eigenvalue weighted by Gasteiger charge is 2.45. The summed E-state index contributed by atoms with van der Waals surface area (Å²) in [6.45, 7) is 4.04. The van der Waals surface area contributed by atoms with Crippen LogP contribution in [-0.2, 0) is 6.42 Å². The summed E-state index contributed by atoms with van der Waals surface area (Å²) in [5.74, 6) is -2.68. The van der Waals surface area contributed by atoms with E-state index in [1.165, 1.54) is 5.56 Å². The largest absolute Gasteiger partial charge is 0.387 e. The van der Waals surface area contributed by atoms with Crippen LogP contribution < -0.4 is 5.32 Å². The molecule has 152 valence electrons. The normalized spacial score (nSPS) is 20.8. The molecular formula is C20H31F2N3O2. The number of hydrogen-bond acceptors (Lipinski definition) is 3. The number of likely N-dealkylation sites (N-methyl/N-ethyl adjacent to an activating group) is 1. The quantitative estimate of drug-likeness (QED) is 0.794. The number of carbonyl (C=O) groups is 1. The van der Waals surface area contributed by atoms with Gasteiger partial charge in [-0.25, -0.2) is 13.6 Å². The molecule has 1 aromatic carbocycles. The predicted octanol–water partition coefficient (Wildman–Crippen LogP) is 2.90. The van der Waals surface area contributed by atoms with Gasteiger partial charge in [0.1, 0.15) is 6.10 Å². The lowest BCUT2D eigenvalue weighted by molar-refractivity contribution is -0.141. The van der Waals surface area contributed by atoms with Crippen LogP contribution >= 0.6 is 0 Å². The van der Waals surface area contributed by atoms with E-state index in [4.69, 9.17) is 0 Å². The molecule has 0 radical (unpaired) electrons. The first-order valence-corrected chi connectivity index (χ1v) is 9.44. The smallest absolute Gasteiger partial charge is 0.317 e. The second-order valence-electron chi connectivity index (χ2n) is 7.99. The first kappa shape index (κ1) is 21.6. The highest BCUT2D eigenvalue weighted by atomic mass is 19.3. The molecule has 0 aliphatic carbocycles. The van der Waals surface area contributed by atoms with E-state index in [0.29, 0.717) is 12.5 Å². The molecule has 1 aliphatic rings. The molecule has 2 unspecified atom stereocenters. The number of aliphatic hydroxyl groups is 1. The number of nitrogens with one attached hydrogen (secondary N) is 1. The van der Waals surface area contributed by atoms with E-state index in [-0.39, 0.29) is 19.0 Å². The van der Waals surface area contributed by atoms with Gasteiger partial charge in [-0.15, -0.1) is 0 Å². The third-order valence-electron chi connectivity index (χ3n) is 4.93. The van der Waals surface area contributed by atoms with Crippen molar-refractivity contribution in [2.75, 3.05) is 33.7 Å². The molecule has 2 amide bonds. The molecule has 1 aliphatic heterocycles. The summed E-state index contributed by atoms with van der Waals surface area (Å²) < 4.78 is 27.3. The van der Waals surface area contributed by atoms with E-state index in [0.717, 1.165) is 16.9 Å². The lowest BCUT2D eigenvalue weighted by Crippen LogP contribution is -2.56. The number of halogens is 2. The van der Waals surface area contributed by atoms with Crippen LogP contribution in [0.3, 0.4) is 0 Å². The molecule has 1 fully saturated rings. The highest BCUT2D eigenvalue weighted by Crippen LogP contribution is 2.27. The van der Waals surface area contributed by atoms with Crippen LogP contribution in [0.15, 0.2) is 24.3 Å². The number of nitrogens with zero attached hydrogens (tertiary/aromatic N) is 2. The van der Waals surface area contributed by atoms with Crippen molar-refractivity contribution in [3.63, 3.8) is 0 Å². The number of alkyl halides is 2. The number of urea groups is 1. The Hall–Kier alpha value is -1.73. The molecule has 2 N–H and O–H groups in total. The lowest BCUT2D eigenvalue weighted by Gasteiger charge is -2.36. The molecule has 0 spiro atoms. The van der Waals surface area contributed by atoms with Crippen LogP contribution in [-0.4, -0.2) is 66.7 Å². The second-order valence-corrected chi connectivity index (χ2v) is 7.99. The van der Waals surface area contributed by atoms with E-state index in [2.05, 4.69) is 43.4 Å². The van der Waals surface area contributed by atoms with Gasteiger partial charge >= 0.3 is 6.03 Å². The molecule has 27 heavy (non-hydrogen) atoms. The number of piperidine rings is 1. The lowest BCUT2D eigenvalue weighted by atomic mass is 9.99. The monoisotopic (exact) mass is 383 g/mol. The number of carbonyl (C=O) groups excluding carboxylic acids is 1. The molecule has 5 nitrogen and oxygen atoms in total. The maximum atomic E-state index is 13.6. The first-order chi connectivity index (χ1) is 12.6. The minimum atomic E-state index is -3.26. The second kappa shape index (κ2) is 8.97. The average Bonchev–Trinajstić information content (AvgIpc) is 2.58. The number of hydrogen-bond donors (Lipinski definition) is 2. The number of benzene rings is 1. The van der Waals surface area contributed by atoms with Crippen molar-refractivity contribution >= 4 is 6.03 Å². The molecule has 1 saturated heterocycles. The summed E-state index contributed by atoms with van der Waals surface area (Å²) in [4.78, 5) is 15.4. The molecule has 1 aromatic rings. The van der Waals surface area contributed by atoms with Crippen LogP contribution in [0, 0.1) is 5.92 Å². The van der Waals surface area contributed by atoms with Crippen LogP contribution in [0.1, 0.15) is 37.4 Å². The topological polar surface area (TPSA) is 55.8 Å². The summed E-state index contributed by atoms with van der Waals surface area (Å²) in [6.07, 6.45) is -0.784. The number of aliphatic hydroxyl groups excluding tert-OH is 1. The maximum absolute atomic E-state index is 13.6. The van der Waals surface area contributed by atoms with E-state index in [9.17, 15) is 18.7 Å². The van der Waals surface area contributed by atoms with Crippen LogP contribution in [0.2, 0.25) is 0 Å². The Morgan fingerprint density at radius 3 is 2.48 bits per heavy atom. The minimum Gasteiger partial charge on any atom is -0.387 e. The summed E-state index contributed by atoms with van der Waals surface area (Å²) in [6, 6.07) is 7.73. The van der Waals surface area contributed by atoms with Crippen molar-refractivity contribution in [1.29, 1.82) is 0 Å². The van der Waals surface area contributed by atoms with Crippen molar-refractivity contribution in [2.45, 2.75) is 44.8 Å². The predicted molar refractivity (Wildman–Crippen MR) is 102 cm³/mol. The Morgan fingerprint density at radius 1 is 1.33 bits per heavy atom. The fourth-order valence-electron chi connectivity index (χ4n) is 3.34. The van der Waals surface area contributed by atoms with Crippen molar-refractivity contribution < 1.29 is 18.7 Å². The maximum Gasteiger partial charge on any atom is 0.317 e. The Kier molecular flexibility index (Phi) is 7.17. The van der Waals surface area contributed by atoms with Crippen LogP contribution in [0.25, 0.3) is 0 Å². The third-order valence-corrected chi connectivity index (χ3v) is 4.93. The Labute approximate surface area is 160 Å². The van der Waals surface area contributed by atoms with Gasteiger partial charge in [-0.1, -0.05) is 38.1 Å². The Bertz CT molecular complexity index is 620. The fourth-order valence-corrected chi connectivity index (χ4v) is 3.34. The highest BCUT2D eigenvalue weighted by molar-refractivity contribution is 5.74. The van der Waals surface area contributed by atoms with Gasteiger partial charge in [0.05, 0.1) is 12.6 Å². The van der Waals surface area contributed by atoms with Gasteiger partial charge in [-0.3, -0.25) is 0 Å². The average molecular weight is 383 g/mol. The van der Waals surface area contributed by atoms with Gasteiger partial charge in [-0.2, -0.15) is 0 Å². The van der Waals surface area contributed by atoms with Crippen molar-refractivity contribution in [3.8, 4) is 0 Å². The van der Waals surface area contributed by atoms with Crippen molar-refractivity contribution in [1.82, 2.24) is 15.1 Å². The molecular weight excluding hydrogens is 352 g/mol. The summed E-state index contributed by atoms with van der Waals surface area (Å²) >= 11 is 0. The Morgan fingerprint density at radius 2 is 1.96 bits per heavy atom. The number of amides is 2. The van der Waals surface area contributed by atoms with E-state index < -0.39 is 24.6 Å². The van der Waals surface area contributed by atoms with Gasteiger partial charge < -0.3 is 20.2 Å². The Balaban J connectivity index is 1.97. The zero-order valence-electron chi connectivity index (χ0n) is 16.6. The molecule has 7 heteroatoms. The third kappa shape index (κ3) is 5.87. The van der Waals surface area contributed by atoms with Crippen LogP contribution in [0.4, 0.5) is 13.6 Å². The number of likely N-dealkylation sites (tertiary alicyclic amines) is 1. The molecule has 1 heterocycles. The molecule has 2 rings (SSSR count). The first-order valence-electron chi connectivity index (χ1n) is 9.44. The molecule has 0 bridgehead atoms. The zero-order chi connectivity index (χ0) is 20.2. The number of rotatable bonds is 6. The van der Waals surface area contributed by atoms with Crippen LogP contribution in [0.5, 0.6) is 0 Å². The van der Waals surface area contributed by atoms with Gasteiger partial charge in [0.2, 0.25) is 0 Å². The summed E-state index contributed by atoms with van der Waals surface area (Å²) in [5.41, 5.74) is 2.33. The standard InChI is InChI=1S/C20H31F2N3O2/c1-14(2)11-15-5-7-16(8-6-15)17(24(3)4)12-23-19(27)25-10-9-18(26)20(21,22)13-25/h5-8,14,17-18,26H,9-13H2,1-4H3,(H,23,27). The minimum absolute atomic E-state index is 0.0575. The van der Waals surface area contributed by atoms with E-state index in [1.54, 1.807) is 0 Å². The fraction of sp³-hybridized carbons (Fsp3) is 0.650. The van der Waals surface area contributed by atoms with Gasteiger partial charge in [-0.05, 0) is 44.0 Å². The van der Waals surface area contributed by atoms with Gasteiger partial charge in [0.15, 0.2) is 0 Å². The van der Waals surface area contributed by atoms with Crippen molar-refractivity contribution in [2.24, 2.45) is 5.92 Å². The molecule has 2 atom stereocenters. The van der Waals surface area contributed by atoms with Gasteiger partial charge in [0, 0.05) is 13.1 Å². The molecule has 0 aromatic heterocycles. The van der Waals surface area contributed by atoms with E-state index in [1.807, 2.05) is 19.0 Å². The zero-order valence-corrected chi connectivity index (χ0v) is 16.6.